The molecule has 0 spiro atoms. The molecule has 2 heterocycles. The van der Waals surface area contributed by atoms with E-state index >= 15 is 0 Å². The van der Waals surface area contributed by atoms with Crippen molar-refractivity contribution < 1.29 is 27.5 Å². The Labute approximate surface area is 182 Å². The third kappa shape index (κ3) is 4.59. The summed E-state index contributed by atoms with van der Waals surface area (Å²) >= 11 is 0. The second-order valence-electron chi connectivity index (χ2n) is 7.24. The minimum atomic E-state index is -4.07. The van der Waals surface area contributed by atoms with Crippen molar-refractivity contribution in [2.75, 3.05) is 37.6 Å². The van der Waals surface area contributed by atoms with Gasteiger partial charge in [0.05, 0.1) is 30.9 Å². The molecule has 1 amide bonds. The lowest BCUT2D eigenvalue weighted by Gasteiger charge is -2.27. The predicted molar refractivity (Wildman–Crippen MR) is 115 cm³/mol. The van der Waals surface area contributed by atoms with E-state index < -0.39 is 16.0 Å². The Morgan fingerprint density at radius 3 is 2.29 bits per heavy atom. The number of hydrogen-bond donors (Lipinski definition) is 1. The number of benzene rings is 1. The van der Waals surface area contributed by atoms with E-state index in [0.29, 0.717) is 43.3 Å². The van der Waals surface area contributed by atoms with Crippen LogP contribution in [0, 0.1) is 13.8 Å². The normalized spacial score (nSPS) is 14.4. The van der Waals surface area contributed by atoms with Crippen LogP contribution in [-0.4, -0.2) is 62.7 Å². The molecule has 1 aliphatic heterocycles. The fourth-order valence-electron chi connectivity index (χ4n) is 3.52. The molecule has 1 aromatic carbocycles. The summed E-state index contributed by atoms with van der Waals surface area (Å²) in [6, 6.07) is 5.94. The lowest BCUT2D eigenvalue weighted by molar-refractivity contribution is 0.0300. The maximum absolute atomic E-state index is 13.3. The lowest BCUT2D eigenvalue weighted by atomic mass is 10.2. The van der Waals surface area contributed by atoms with Gasteiger partial charge in [-0.15, -0.1) is 0 Å². The van der Waals surface area contributed by atoms with Gasteiger partial charge in [-0.05, 0) is 45.0 Å². The summed E-state index contributed by atoms with van der Waals surface area (Å²) in [6.45, 7) is 7.02. The molecule has 0 radical (unpaired) electrons. The Bertz CT molecular complexity index is 1080. The number of nitrogens with zero attached hydrogens (tertiary/aromatic N) is 2. The molecule has 1 N–H and O–H groups in total. The molecule has 31 heavy (non-hydrogen) atoms. The van der Waals surface area contributed by atoms with E-state index in [4.69, 9.17) is 9.47 Å². The van der Waals surface area contributed by atoms with Crippen molar-refractivity contribution >= 4 is 27.6 Å². The number of ether oxygens (including phenoxy) is 2. The Hall–Kier alpha value is -2.85. The first kappa shape index (κ1) is 22.8. The largest absolute Gasteiger partial charge is 0.462 e. The topological polar surface area (TPSA) is 107 Å². The number of sulfonamides is 1. The summed E-state index contributed by atoms with van der Waals surface area (Å²) in [5.41, 5.74) is 1.80. The van der Waals surface area contributed by atoms with Gasteiger partial charge in [0.2, 0.25) is 0 Å². The van der Waals surface area contributed by atoms with Gasteiger partial charge < -0.3 is 18.9 Å². The number of aromatic nitrogens is 1. The zero-order valence-corrected chi connectivity index (χ0v) is 18.9. The Morgan fingerprint density at radius 2 is 1.71 bits per heavy atom. The Kier molecular flexibility index (Phi) is 6.71. The summed E-state index contributed by atoms with van der Waals surface area (Å²) in [5.74, 6) is -0.813. The molecule has 1 saturated heterocycles. The van der Waals surface area contributed by atoms with Gasteiger partial charge >= 0.3 is 5.97 Å². The maximum Gasteiger partial charge on any atom is 0.338 e. The molecule has 168 valence electrons. The highest BCUT2D eigenvalue weighted by Gasteiger charge is 2.33. The van der Waals surface area contributed by atoms with E-state index in [1.807, 2.05) is 0 Å². The third-order valence-corrected chi connectivity index (χ3v) is 6.89. The number of amides is 1. The molecule has 1 fully saturated rings. The van der Waals surface area contributed by atoms with Crippen LogP contribution < -0.4 is 4.72 Å². The van der Waals surface area contributed by atoms with Crippen LogP contribution in [0.4, 0.5) is 5.69 Å². The zero-order valence-electron chi connectivity index (χ0n) is 18.1. The summed E-state index contributed by atoms with van der Waals surface area (Å²) < 4.78 is 41.1. The summed E-state index contributed by atoms with van der Waals surface area (Å²) in [4.78, 5) is 26.6. The smallest absolute Gasteiger partial charge is 0.338 e. The second-order valence-corrected chi connectivity index (χ2v) is 8.86. The quantitative estimate of drug-likeness (QED) is 0.677. The minimum absolute atomic E-state index is 0.0431. The summed E-state index contributed by atoms with van der Waals surface area (Å²) in [5, 5.41) is 0. The molecular formula is C21H27N3O6S. The predicted octanol–water partition coefficient (Wildman–Crippen LogP) is 2.09. The van der Waals surface area contributed by atoms with Crippen molar-refractivity contribution in [2.24, 2.45) is 7.05 Å². The monoisotopic (exact) mass is 449 g/mol. The first-order valence-corrected chi connectivity index (χ1v) is 11.5. The minimum Gasteiger partial charge on any atom is -0.462 e. The average Bonchev–Trinajstić information content (AvgIpc) is 2.99. The van der Waals surface area contributed by atoms with Crippen LogP contribution >= 0.6 is 0 Å². The van der Waals surface area contributed by atoms with Crippen molar-refractivity contribution in [1.82, 2.24) is 9.47 Å². The molecule has 0 unspecified atom stereocenters. The number of nitrogens with one attached hydrogen (secondary N) is 1. The summed E-state index contributed by atoms with van der Waals surface area (Å²) in [6.07, 6.45) is 0. The van der Waals surface area contributed by atoms with E-state index in [9.17, 15) is 18.0 Å². The van der Waals surface area contributed by atoms with E-state index in [1.54, 1.807) is 37.3 Å². The number of anilines is 1. The van der Waals surface area contributed by atoms with Crippen molar-refractivity contribution in [1.29, 1.82) is 0 Å². The fourth-order valence-corrected chi connectivity index (χ4v) is 5.10. The van der Waals surface area contributed by atoms with Crippen LogP contribution in [0.1, 0.15) is 39.0 Å². The van der Waals surface area contributed by atoms with Crippen molar-refractivity contribution in [3.8, 4) is 0 Å². The zero-order chi connectivity index (χ0) is 22.8. The molecule has 0 bridgehead atoms. The average molecular weight is 450 g/mol. The van der Waals surface area contributed by atoms with Crippen LogP contribution in [0.15, 0.2) is 29.2 Å². The van der Waals surface area contributed by atoms with Gasteiger partial charge in [0, 0.05) is 37.2 Å². The number of esters is 1. The molecule has 3 rings (SSSR count). The SMILES string of the molecule is CCOC(=O)c1ccc(NS(=O)(=O)c2c(C(=O)N3CCOCC3)c(C)n(C)c2C)cc1. The summed E-state index contributed by atoms with van der Waals surface area (Å²) in [7, 11) is -2.34. The van der Waals surface area contributed by atoms with Gasteiger partial charge in [-0.1, -0.05) is 0 Å². The van der Waals surface area contributed by atoms with Crippen LogP contribution in [0.3, 0.4) is 0 Å². The Morgan fingerprint density at radius 1 is 1.10 bits per heavy atom. The van der Waals surface area contributed by atoms with Gasteiger partial charge in [-0.3, -0.25) is 9.52 Å². The molecule has 1 aromatic heterocycles. The number of carbonyl (C=O) groups is 2. The van der Waals surface area contributed by atoms with Gasteiger partial charge in [0.25, 0.3) is 15.9 Å². The number of hydrogen-bond acceptors (Lipinski definition) is 6. The number of morpholine rings is 1. The molecule has 0 atom stereocenters. The van der Waals surface area contributed by atoms with Gasteiger partial charge in [0.1, 0.15) is 4.90 Å². The van der Waals surface area contributed by atoms with E-state index in [1.165, 1.54) is 24.3 Å². The van der Waals surface area contributed by atoms with E-state index in [0.717, 1.165) is 0 Å². The first-order chi connectivity index (χ1) is 14.7. The van der Waals surface area contributed by atoms with Gasteiger partial charge in [-0.2, -0.15) is 0 Å². The fraction of sp³-hybridized carbons (Fsp3) is 0.429. The lowest BCUT2D eigenvalue weighted by Crippen LogP contribution is -2.41. The standard InChI is InChI=1S/C21H27N3O6S/c1-5-30-21(26)16-6-8-17(9-7-16)22-31(27,28)19-15(3)23(4)14(2)18(19)20(25)24-10-12-29-13-11-24/h6-9,22H,5,10-13H2,1-4H3. The molecule has 9 nitrogen and oxygen atoms in total. The molecule has 2 aromatic rings. The maximum atomic E-state index is 13.3. The van der Waals surface area contributed by atoms with Gasteiger partial charge in [-0.25, -0.2) is 13.2 Å². The highest BCUT2D eigenvalue weighted by molar-refractivity contribution is 7.92. The molecule has 0 aliphatic carbocycles. The van der Waals surface area contributed by atoms with E-state index in [2.05, 4.69) is 4.72 Å². The van der Waals surface area contributed by atoms with Gasteiger partial charge in [0.15, 0.2) is 0 Å². The van der Waals surface area contributed by atoms with Crippen LogP contribution in [0.25, 0.3) is 0 Å². The number of carbonyl (C=O) groups excluding carboxylic acids is 2. The van der Waals surface area contributed by atoms with Crippen LogP contribution in [0.2, 0.25) is 0 Å². The first-order valence-electron chi connectivity index (χ1n) is 10.00. The van der Waals surface area contributed by atoms with Crippen LogP contribution in [-0.2, 0) is 26.5 Å². The molecular weight excluding hydrogens is 422 g/mol. The van der Waals surface area contributed by atoms with Crippen molar-refractivity contribution in [3.63, 3.8) is 0 Å². The highest BCUT2D eigenvalue weighted by atomic mass is 32.2. The third-order valence-electron chi connectivity index (χ3n) is 5.35. The Balaban J connectivity index is 1.94. The van der Waals surface area contributed by atoms with E-state index in [-0.39, 0.29) is 28.7 Å². The molecule has 1 aliphatic rings. The van der Waals surface area contributed by atoms with Crippen LogP contribution in [0.5, 0.6) is 0 Å². The number of rotatable bonds is 6. The highest BCUT2D eigenvalue weighted by Crippen LogP contribution is 2.29. The molecule has 0 saturated carbocycles. The van der Waals surface area contributed by atoms with Crippen molar-refractivity contribution in [2.45, 2.75) is 25.7 Å². The van der Waals surface area contributed by atoms with Crippen molar-refractivity contribution in [3.05, 3.63) is 46.8 Å². The second kappa shape index (κ2) is 9.11. The molecule has 10 heteroatoms.